The number of benzene rings is 2. The molecule has 1 aliphatic heterocycles. The molecule has 0 saturated carbocycles. The molecule has 3 rings (SSSR count). The quantitative estimate of drug-likeness (QED) is 0.660. The molecule has 1 saturated heterocycles. The molecule has 2 aromatic carbocycles. The number of aryl methyl sites for hydroxylation is 2. The molecule has 0 bridgehead atoms. The summed E-state index contributed by atoms with van der Waals surface area (Å²) in [6.45, 7) is 6.66. The molecule has 1 amide bonds. The van der Waals surface area contributed by atoms with Crippen LogP contribution in [0.5, 0.6) is 0 Å². The maximum atomic E-state index is 12.7. The molecule has 0 N–H and O–H groups in total. The first kappa shape index (κ1) is 17.8. The number of nitrogens with zero attached hydrogens (tertiary/aromatic N) is 2. The molecule has 1 aliphatic rings. The first-order chi connectivity index (χ1) is 12.0. The number of hydrogen-bond acceptors (Lipinski definition) is 3. The molecule has 0 atom stereocenters. The van der Waals surface area contributed by atoms with Crippen LogP contribution in [-0.2, 0) is 4.79 Å². The minimum absolute atomic E-state index is 0.0324. The maximum absolute atomic E-state index is 12.7. The predicted octanol–water partition coefficient (Wildman–Crippen LogP) is 5.58. The molecule has 2 aromatic rings. The van der Waals surface area contributed by atoms with Crippen LogP contribution in [0.25, 0.3) is 6.08 Å². The highest BCUT2D eigenvalue weighted by molar-refractivity contribution is 8.18. The number of aliphatic imine (C=N–C) groups is 1. The van der Waals surface area contributed by atoms with Crippen molar-refractivity contribution in [1.82, 2.24) is 4.90 Å². The van der Waals surface area contributed by atoms with Gasteiger partial charge in [0.25, 0.3) is 5.91 Å². The number of hydrogen-bond donors (Lipinski definition) is 0. The highest BCUT2D eigenvalue weighted by Crippen LogP contribution is 2.35. The zero-order valence-corrected chi connectivity index (χ0v) is 16.0. The van der Waals surface area contributed by atoms with Crippen molar-refractivity contribution >= 4 is 46.2 Å². The van der Waals surface area contributed by atoms with Gasteiger partial charge in [0.2, 0.25) is 0 Å². The summed E-state index contributed by atoms with van der Waals surface area (Å²) in [5.41, 5.74) is 4.11. The molecule has 5 heteroatoms. The Morgan fingerprint density at radius 3 is 2.60 bits per heavy atom. The Balaban J connectivity index is 1.96. The van der Waals surface area contributed by atoms with Gasteiger partial charge < -0.3 is 0 Å². The van der Waals surface area contributed by atoms with Crippen molar-refractivity contribution in [2.45, 2.75) is 20.8 Å². The van der Waals surface area contributed by atoms with E-state index in [9.17, 15) is 4.79 Å². The minimum Gasteiger partial charge on any atom is -0.287 e. The van der Waals surface area contributed by atoms with Crippen LogP contribution in [0.4, 0.5) is 5.69 Å². The van der Waals surface area contributed by atoms with Gasteiger partial charge in [0.05, 0.1) is 10.6 Å². The van der Waals surface area contributed by atoms with E-state index in [1.165, 1.54) is 22.9 Å². The molecule has 3 nitrogen and oxygen atoms in total. The van der Waals surface area contributed by atoms with Crippen LogP contribution in [0.15, 0.2) is 52.4 Å². The van der Waals surface area contributed by atoms with Gasteiger partial charge in [0.1, 0.15) is 0 Å². The molecule has 25 heavy (non-hydrogen) atoms. The lowest BCUT2D eigenvalue weighted by Crippen LogP contribution is -2.28. The fraction of sp³-hybridized carbons (Fsp3) is 0.200. The summed E-state index contributed by atoms with van der Waals surface area (Å²) in [6, 6.07) is 13.6. The molecular formula is C20H19ClN2OS. The number of carbonyl (C=O) groups is 1. The largest absolute Gasteiger partial charge is 0.287 e. The molecule has 1 heterocycles. The summed E-state index contributed by atoms with van der Waals surface area (Å²) < 4.78 is 0. The van der Waals surface area contributed by atoms with E-state index in [2.05, 4.69) is 18.8 Å². The topological polar surface area (TPSA) is 32.7 Å². The highest BCUT2D eigenvalue weighted by atomic mass is 35.5. The average Bonchev–Trinajstić information content (AvgIpc) is 2.88. The van der Waals surface area contributed by atoms with Crippen molar-refractivity contribution in [2.75, 3.05) is 6.54 Å². The van der Waals surface area contributed by atoms with Crippen LogP contribution in [0, 0.1) is 13.8 Å². The van der Waals surface area contributed by atoms with Crippen LogP contribution < -0.4 is 0 Å². The Morgan fingerprint density at radius 1 is 1.16 bits per heavy atom. The van der Waals surface area contributed by atoms with Gasteiger partial charge in [-0.05, 0) is 73.5 Å². The second-order valence-electron chi connectivity index (χ2n) is 5.84. The zero-order chi connectivity index (χ0) is 18.0. The van der Waals surface area contributed by atoms with Crippen LogP contribution >= 0.6 is 23.4 Å². The van der Waals surface area contributed by atoms with Gasteiger partial charge in [-0.3, -0.25) is 9.69 Å². The van der Waals surface area contributed by atoms with E-state index in [4.69, 9.17) is 11.6 Å². The van der Waals surface area contributed by atoms with E-state index in [-0.39, 0.29) is 5.91 Å². The van der Waals surface area contributed by atoms with Crippen molar-refractivity contribution < 1.29 is 4.79 Å². The number of thioether (sulfide) groups is 1. The number of halogens is 1. The molecule has 0 aliphatic carbocycles. The molecule has 0 unspecified atom stereocenters. The summed E-state index contributed by atoms with van der Waals surface area (Å²) in [5, 5.41) is 1.33. The normalized spacial score (nSPS) is 17.8. The second-order valence-corrected chi connectivity index (χ2v) is 7.26. The number of likely N-dealkylation sites (N-methyl/N-ethyl adjacent to an activating group) is 1. The van der Waals surface area contributed by atoms with Gasteiger partial charge in [-0.2, -0.15) is 0 Å². The van der Waals surface area contributed by atoms with Gasteiger partial charge >= 0.3 is 0 Å². The van der Waals surface area contributed by atoms with Gasteiger partial charge in [0.15, 0.2) is 5.17 Å². The Kier molecular flexibility index (Phi) is 5.30. The van der Waals surface area contributed by atoms with Crippen LogP contribution in [0.2, 0.25) is 5.02 Å². The third-order valence-corrected chi connectivity index (χ3v) is 5.46. The van der Waals surface area contributed by atoms with E-state index in [0.717, 1.165) is 11.3 Å². The Labute approximate surface area is 157 Å². The second kappa shape index (κ2) is 7.46. The van der Waals surface area contributed by atoms with Crippen molar-refractivity contribution in [3.8, 4) is 0 Å². The molecule has 128 valence electrons. The van der Waals surface area contributed by atoms with Crippen molar-refractivity contribution in [1.29, 1.82) is 0 Å². The first-order valence-electron chi connectivity index (χ1n) is 8.11. The standard InChI is InChI=1S/C20H19ClN2OS/c1-4-23-19(24)18(12-15-7-5-6-8-17(15)21)25-20(23)22-16-10-9-13(2)14(3)11-16/h5-12H,4H2,1-3H3/b18-12+,22-20?. The third kappa shape index (κ3) is 3.80. The lowest BCUT2D eigenvalue weighted by Gasteiger charge is -2.12. The summed E-state index contributed by atoms with van der Waals surface area (Å²) in [4.78, 5) is 19.7. The number of amides is 1. The predicted molar refractivity (Wildman–Crippen MR) is 107 cm³/mol. The summed E-state index contributed by atoms with van der Waals surface area (Å²) in [7, 11) is 0. The number of carbonyl (C=O) groups excluding carboxylic acids is 1. The van der Waals surface area contributed by atoms with Crippen LogP contribution in [-0.4, -0.2) is 22.5 Å². The van der Waals surface area contributed by atoms with E-state index < -0.39 is 0 Å². The average molecular weight is 371 g/mol. The Bertz CT molecular complexity index is 889. The van der Waals surface area contributed by atoms with Gasteiger partial charge in [-0.15, -0.1) is 0 Å². The third-order valence-electron chi connectivity index (χ3n) is 4.11. The Hall–Kier alpha value is -2.04. The highest BCUT2D eigenvalue weighted by Gasteiger charge is 2.32. The number of amidine groups is 1. The lowest BCUT2D eigenvalue weighted by molar-refractivity contribution is -0.122. The molecular weight excluding hydrogens is 352 g/mol. The first-order valence-corrected chi connectivity index (χ1v) is 9.31. The maximum Gasteiger partial charge on any atom is 0.266 e. The van der Waals surface area contributed by atoms with E-state index in [1.807, 2.05) is 55.5 Å². The smallest absolute Gasteiger partial charge is 0.266 e. The molecule has 1 fully saturated rings. The lowest BCUT2D eigenvalue weighted by atomic mass is 10.1. The van der Waals surface area contributed by atoms with Gasteiger partial charge in [0, 0.05) is 11.6 Å². The number of rotatable bonds is 3. The summed E-state index contributed by atoms with van der Waals surface area (Å²) in [6.07, 6.45) is 1.83. The monoisotopic (exact) mass is 370 g/mol. The SMILES string of the molecule is CCN1C(=O)/C(=C\c2ccccc2Cl)SC1=Nc1ccc(C)c(C)c1. The Morgan fingerprint density at radius 2 is 1.92 bits per heavy atom. The minimum atomic E-state index is -0.0324. The van der Waals surface area contributed by atoms with E-state index >= 15 is 0 Å². The van der Waals surface area contributed by atoms with E-state index in [0.29, 0.717) is 21.6 Å². The van der Waals surface area contributed by atoms with Gasteiger partial charge in [-0.25, -0.2) is 4.99 Å². The van der Waals surface area contributed by atoms with E-state index in [1.54, 1.807) is 4.90 Å². The van der Waals surface area contributed by atoms with Crippen molar-refractivity contribution in [3.63, 3.8) is 0 Å². The molecule has 0 radical (unpaired) electrons. The molecule has 0 aromatic heterocycles. The van der Waals surface area contributed by atoms with Crippen LogP contribution in [0.1, 0.15) is 23.6 Å². The fourth-order valence-corrected chi connectivity index (χ4v) is 3.75. The molecule has 0 spiro atoms. The zero-order valence-electron chi connectivity index (χ0n) is 14.4. The summed E-state index contributed by atoms with van der Waals surface area (Å²) >= 11 is 7.60. The van der Waals surface area contributed by atoms with Gasteiger partial charge in [-0.1, -0.05) is 35.9 Å². The van der Waals surface area contributed by atoms with Crippen molar-refractivity contribution in [2.24, 2.45) is 4.99 Å². The summed E-state index contributed by atoms with van der Waals surface area (Å²) in [5.74, 6) is -0.0324. The van der Waals surface area contributed by atoms with Crippen LogP contribution in [0.3, 0.4) is 0 Å². The van der Waals surface area contributed by atoms with Crippen molar-refractivity contribution in [3.05, 3.63) is 69.1 Å². The fourth-order valence-electron chi connectivity index (χ4n) is 2.51.